The van der Waals surface area contributed by atoms with Crippen LogP contribution in [0.25, 0.3) is 0 Å². The number of nitrogens with zero attached hydrogens (tertiary/aromatic N) is 1. The van der Waals surface area contributed by atoms with Crippen molar-refractivity contribution in [3.8, 4) is 0 Å². The monoisotopic (exact) mass is 427 g/mol. The van der Waals surface area contributed by atoms with Crippen molar-refractivity contribution in [2.75, 3.05) is 0 Å². The van der Waals surface area contributed by atoms with E-state index in [4.69, 9.17) is 58.2 Å². The molecule has 1 aromatic rings. The zero-order valence-corrected chi connectivity index (χ0v) is 15.6. The number of imide groups is 1. The van der Waals surface area contributed by atoms with Crippen LogP contribution in [0, 0.1) is 5.92 Å². The van der Waals surface area contributed by atoms with E-state index in [9.17, 15) is 9.59 Å². The van der Waals surface area contributed by atoms with Gasteiger partial charge in [-0.1, -0.05) is 64.6 Å². The van der Waals surface area contributed by atoms with Crippen LogP contribution in [-0.4, -0.2) is 21.0 Å². The molecule has 23 heavy (non-hydrogen) atoms. The molecular formula is C14H6Cl5NO2S. The largest absolute Gasteiger partial charge is 0.272 e. The molecule has 2 atom stereocenters. The molecule has 1 heterocycles. The number of fused-ring (bicyclic) bond motifs is 1. The summed E-state index contributed by atoms with van der Waals surface area (Å²) in [6.45, 7) is 0. The van der Waals surface area contributed by atoms with Crippen molar-refractivity contribution in [3.05, 3.63) is 50.5 Å². The zero-order chi connectivity index (χ0) is 16.9. The molecule has 1 saturated heterocycles. The molecular weight excluding hydrogens is 423 g/mol. The number of benzene rings is 1. The maximum atomic E-state index is 12.7. The third-order valence-electron chi connectivity index (χ3n) is 3.54. The van der Waals surface area contributed by atoms with Crippen LogP contribution in [0.5, 0.6) is 0 Å². The fourth-order valence-corrected chi connectivity index (χ4v) is 5.55. The molecule has 2 amide bonds. The van der Waals surface area contributed by atoms with Crippen LogP contribution in [-0.2, 0) is 9.59 Å². The van der Waals surface area contributed by atoms with Crippen LogP contribution < -0.4 is 0 Å². The molecule has 120 valence electrons. The molecule has 0 saturated carbocycles. The van der Waals surface area contributed by atoms with Gasteiger partial charge in [0.15, 0.2) is 4.75 Å². The average molecular weight is 430 g/mol. The predicted molar refractivity (Wildman–Crippen MR) is 93.7 cm³/mol. The van der Waals surface area contributed by atoms with Crippen molar-refractivity contribution in [2.45, 2.75) is 9.64 Å². The van der Waals surface area contributed by atoms with E-state index in [-0.39, 0.29) is 20.1 Å². The number of carbonyl (C=O) groups excluding carboxylic acids is 2. The van der Waals surface area contributed by atoms with Gasteiger partial charge in [-0.3, -0.25) is 9.59 Å². The quantitative estimate of drug-likeness (QED) is 0.488. The van der Waals surface area contributed by atoms with E-state index in [1.54, 1.807) is 24.3 Å². The van der Waals surface area contributed by atoms with Gasteiger partial charge >= 0.3 is 0 Å². The van der Waals surface area contributed by atoms with Crippen LogP contribution in [0.2, 0.25) is 0 Å². The highest BCUT2D eigenvalue weighted by atomic mass is 35.5. The molecule has 1 aliphatic carbocycles. The fourth-order valence-electron chi connectivity index (χ4n) is 2.48. The Balaban J connectivity index is 2.24. The Labute approximate surface area is 161 Å². The summed E-state index contributed by atoms with van der Waals surface area (Å²) in [4.78, 5) is 25.9. The molecule has 3 rings (SSSR count). The number of carbonyl (C=O) groups is 2. The first-order valence-corrected chi connectivity index (χ1v) is 8.88. The minimum atomic E-state index is -1.56. The minimum absolute atomic E-state index is 0.0500. The summed E-state index contributed by atoms with van der Waals surface area (Å²) in [6.07, 6.45) is 0. The van der Waals surface area contributed by atoms with Crippen LogP contribution in [0.4, 0.5) is 0 Å². The van der Waals surface area contributed by atoms with Crippen molar-refractivity contribution in [1.82, 2.24) is 4.42 Å². The van der Waals surface area contributed by atoms with Crippen LogP contribution in [0.1, 0.15) is 0 Å². The van der Waals surface area contributed by atoms with Gasteiger partial charge in [0.1, 0.15) is 5.92 Å². The number of thioether (sulfide) groups is 1. The van der Waals surface area contributed by atoms with Crippen molar-refractivity contribution >= 4 is 81.8 Å². The summed E-state index contributed by atoms with van der Waals surface area (Å²) >= 11 is 31.6. The Bertz CT molecular complexity index is 779. The molecule has 3 nitrogen and oxygen atoms in total. The summed E-state index contributed by atoms with van der Waals surface area (Å²) < 4.78 is -1.07. The molecule has 0 radical (unpaired) electrons. The maximum Gasteiger partial charge on any atom is 0.267 e. The number of rotatable bonds is 2. The van der Waals surface area contributed by atoms with E-state index in [0.717, 1.165) is 11.8 Å². The highest BCUT2D eigenvalue weighted by Gasteiger charge is 2.66. The molecule has 0 spiro atoms. The smallest absolute Gasteiger partial charge is 0.267 e. The lowest BCUT2D eigenvalue weighted by Crippen LogP contribution is -2.42. The van der Waals surface area contributed by atoms with Gasteiger partial charge in [-0.25, -0.2) is 0 Å². The summed E-state index contributed by atoms with van der Waals surface area (Å²) in [6, 6.07) is 8.96. The number of allylic oxidation sites excluding steroid dienone is 2. The maximum absolute atomic E-state index is 12.7. The lowest BCUT2D eigenvalue weighted by atomic mass is 9.89. The number of hydrogen-bond donors (Lipinski definition) is 0. The van der Waals surface area contributed by atoms with Crippen molar-refractivity contribution in [2.24, 2.45) is 5.92 Å². The lowest BCUT2D eigenvalue weighted by molar-refractivity contribution is -0.133. The first kappa shape index (κ1) is 17.5. The van der Waals surface area contributed by atoms with E-state index in [2.05, 4.69) is 0 Å². The highest BCUT2D eigenvalue weighted by Crippen LogP contribution is 2.60. The van der Waals surface area contributed by atoms with E-state index in [1.807, 2.05) is 6.07 Å². The molecule has 9 heteroatoms. The summed E-state index contributed by atoms with van der Waals surface area (Å²) in [7, 11) is 0. The Morgan fingerprint density at radius 1 is 1.00 bits per heavy atom. The highest BCUT2D eigenvalue weighted by molar-refractivity contribution is 8.01. The standard InChI is InChI=1S/C14H6Cl5NO2S/c15-8-7-12(21)20(19)13(22)14(7,11(18)10(17)9(8)16)23-6-4-2-1-3-5-6/h1-5,7H. The Kier molecular flexibility index (Phi) is 4.69. The zero-order valence-electron chi connectivity index (χ0n) is 11.0. The van der Waals surface area contributed by atoms with Gasteiger partial charge in [0.25, 0.3) is 11.8 Å². The van der Waals surface area contributed by atoms with Crippen molar-refractivity contribution in [1.29, 1.82) is 0 Å². The van der Waals surface area contributed by atoms with Crippen LogP contribution in [0.3, 0.4) is 0 Å². The fraction of sp³-hybridized carbons (Fsp3) is 0.143. The first-order chi connectivity index (χ1) is 10.8. The minimum Gasteiger partial charge on any atom is -0.272 e. The van der Waals surface area contributed by atoms with Crippen molar-refractivity contribution < 1.29 is 9.59 Å². The van der Waals surface area contributed by atoms with E-state index in [1.165, 1.54) is 0 Å². The summed E-state index contributed by atoms with van der Waals surface area (Å²) in [5, 5.41) is -0.230. The third kappa shape index (κ3) is 2.43. The predicted octanol–water partition coefficient (Wildman–Crippen LogP) is 5.05. The second kappa shape index (κ2) is 6.17. The molecule has 0 aromatic heterocycles. The summed E-state index contributed by atoms with van der Waals surface area (Å²) in [5.41, 5.74) is 0. The molecule has 0 bridgehead atoms. The van der Waals surface area contributed by atoms with Gasteiger partial charge in [0.05, 0.1) is 20.1 Å². The molecule has 1 aliphatic heterocycles. The number of amides is 2. The van der Waals surface area contributed by atoms with Crippen molar-refractivity contribution in [3.63, 3.8) is 0 Å². The van der Waals surface area contributed by atoms with Gasteiger partial charge in [-0.2, -0.15) is 4.42 Å². The van der Waals surface area contributed by atoms with Gasteiger partial charge in [0, 0.05) is 16.7 Å². The van der Waals surface area contributed by atoms with Gasteiger partial charge in [0.2, 0.25) is 0 Å². The third-order valence-corrected chi connectivity index (χ3v) is 7.37. The SMILES string of the molecule is O=C1C2C(Cl)=C(Cl)C(Cl)=C(Cl)C2(Sc2ccccc2)C(=O)N1Cl. The number of halogens is 5. The summed E-state index contributed by atoms with van der Waals surface area (Å²) in [5.74, 6) is -2.51. The van der Waals surface area contributed by atoms with Gasteiger partial charge in [-0.15, -0.1) is 11.8 Å². The second-order valence-corrected chi connectivity index (χ2v) is 8.00. The molecule has 1 aromatic carbocycles. The Hall–Kier alpha value is -0.360. The molecule has 2 unspecified atom stereocenters. The van der Waals surface area contributed by atoms with Gasteiger partial charge < -0.3 is 0 Å². The molecule has 2 aliphatic rings. The van der Waals surface area contributed by atoms with E-state index >= 15 is 0 Å². The van der Waals surface area contributed by atoms with Crippen LogP contribution >= 0.6 is 69.9 Å². The molecule has 1 fully saturated rings. The Morgan fingerprint density at radius 2 is 1.61 bits per heavy atom. The topological polar surface area (TPSA) is 37.4 Å². The number of hydrogen-bond acceptors (Lipinski definition) is 3. The van der Waals surface area contributed by atoms with Gasteiger partial charge in [-0.05, 0) is 12.1 Å². The second-order valence-electron chi connectivity index (χ2n) is 4.80. The molecule has 0 N–H and O–H groups in total. The Morgan fingerprint density at radius 3 is 2.22 bits per heavy atom. The average Bonchev–Trinajstić information content (AvgIpc) is 2.74. The van der Waals surface area contributed by atoms with E-state index in [0.29, 0.717) is 9.31 Å². The normalized spacial score (nSPS) is 27.9. The van der Waals surface area contributed by atoms with Crippen LogP contribution in [0.15, 0.2) is 55.4 Å². The first-order valence-electron chi connectivity index (χ1n) is 6.22. The lowest BCUT2D eigenvalue weighted by Gasteiger charge is -2.34. The van der Waals surface area contributed by atoms with E-state index < -0.39 is 22.5 Å².